The zero-order valence-electron chi connectivity index (χ0n) is 26.5. The van der Waals surface area contributed by atoms with E-state index in [4.69, 9.17) is 0 Å². The number of fused-ring (bicyclic) bond motifs is 7. The van der Waals surface area contributed by atoms with Gasteiger partial charge in [0.05, 0.1) is 10.4 Å². The molecule has 2 aromatic heterocycles. The number of anilines is 3. The Morgan fingerprint density at radius 3 is 1.73 bits per heavy atom. The highest BCUT2D eigenvalue weighted by Crippen LogP contribution is 2.48. The summed E-state index contributed by atoms with van der Waals surface area (Å²) >= 11 is 3.76. The molecule has 0 bridgehead atoms. The number of hydrogen-bond donors (Lipinski definition) is 0. The van der Waals surface area contributed by atoms with E-state index in [2.05, 4.69) is 181 Å². The van der Waals surface area contributed by atoms with Crippen molar-refractivity contribution in [2.24, 2.45) is 0 Å². The molecule has 2 heterocycles. The maximum absolute atomic E-state index is 2.46. The van der Waals surface area contributed by atoms with Crippen molar-refractivity contribution in [3.05, 3.63) is 176 Å². The average molecular weight is 660 g/mol. The molecule has 0 radical (unpaired) electrons. The van der Waals surface area contributed by atoms with E-state index in [-0.39, 0.29) is 0 Å². The standard InChI is InChI=1S/C46H29NS2/c1-2-13-31(14-3-1)41-29-34(26-27-35(41)38-18-10-19-39-36-16-6-8-22-43(36)48-45(38)39)47(33-25-24-30-12-4-5-15-32(30)28-33)42-21-11-20-40-37-17-7-9-23-44(37)49-46(40)42/h1-29H. The van der Waals surface area contributed by atoms with E-state index in [0.717, 1.165) is 11.4 Å². The van der Waals surface area contributed by atoms with E-state index >= 15 is 0 Å². The fraction of sp³-hybridized carbons (Fsp3) is 0. The van der Waals surface area contributed by atoms with E-state index < -0.39 is 0 Å². The molecular formula is C46H29NS2. The van der Waals surface area contributed by atoms with Crippen LogP contribution in [0.25, 0.3) is 73.4 Å². The van der Waals surface area contributed by atoms with Gasteiger partial charge in [-0.1, -0.05) is 133 Å². The molecule has 10 rings (SSSR count). The summed E-state index contributed by atoms with van der Waals surface area (Å²) < 4.78 is 5.24. The molecule has 0 spiro atoms. The smallest absolute Gasteiger partial charge is 0.0640 e. The number of benzene rings is 8. The maximum Gasteiger partial charge on any atom is 0.0640 e. The van der Waals surface area contributed by atoms with Crippen LogP contribution in [-0.4, -0.2) is 0 Å². The largest absolute Gasteiger partial charge is 0.309 e. The molecule has 0 aliphatic heterocycles. The van der Waals surface area contributed by atoms with E-state index in [9.17, 15) is 0 Å². The Morgan fingerprint density at radius 2 is 0.939 bits per heavy atom. The molecule has 0 N–H and O–H groups in total. The molecule has 1 nitrogen and oxygen atoms in total. The van der Waals surface area contributed by atoms with Crippen molar-refractivity contribution < 1.29 is 0 Å². The van der Waals surface area contributed by atoms with Crippen LogP contribution in [-0.2, 0) is 0 Å². The van der Waals surface area contributed by atoms with Gasteiger partial charge in [-0.25, -0.2) is 0 Å². The van der Waals surface area contributed by atoms with E-state index in [0.29, 0.717) is 0 Å². The van der Waals surface area contributed by atoms with Gasteiger partial charge in [0.2, 0.25) is 0 Å². The third kappa shape index (κ3) is 4.66. The van der Waals surface area contributed by atoms with Gasteiger partial charge in [0.25, 0.3) is 0 Å². The lowest BCUT2D eigenvalue weighted by Gasteiger charge is -2.27. The predicted molar refractivity (Wildman–Crippen MR) is 215 cm³/mol. The van der Waals surface area contributed by atoms with Crippen LogP contribution >= 0.6 is 22.7 Å². The van der Waals surface area contributed by atoms with Crippen LogP contribution in [0.3, 0.4) is 0 Å². The van der Waals surface area contributed by atoms with E-state index in [1.807, 2.05) is 22.7 Å². The first-order valence-electron chi connectivity index (χ1n) is 16.6. The van der Waals surface area contributed by atoms with Crippen molar-refractivity contribution in [2.75, 3.05) is 4.90 Å². The van der Waals surface area contributed by atoms with Gasteiger partial charge in [-0.3, -0.25) is 0 Å². The van der Waals surface area contributed by atoms with Crippen LogP contribution in [0.2, 0.25) is 0 Å². The zero-order chi connectivity index (χ0) is 32.3. The Labute approximate surface area is 292 Å². The molecule has 0 saturated carbocycles. The van der Waals surface area contributed by atoms with E-state index in [1.54, 1.807) is 0 Å². The van der Waals surface area contributed by atoms with Gasteiger partial charge in [0.15, 0.2) is 0 Å². The summed E-state index contributed by atoms with van der Waals surface area (Å²) in [6, 6.07) is 64.4. The molecule has 0 aliphatic carbocycles. The molecule has 0 unspecified atom stereocenters. The highest BCUT2D eigenvalue weighted by atomic mass is 32.1. The normalized spacial score (nSPS) is 11.7. The molecule has 0 saturated heterocycles. The van der Waals surface area contributed by atoms with Gasteiger partial charge in [0.1, 0.15) is 0 Å². The molecule has 0 amide bonds. The lowest BCUT2D eigenvalue weighted by atomic mass is 9.92. The second kappa shape index (κ2) is 11.5. The SMILES string of the molecule is c1ccc(-c2cc(N(c3ccc4ccccc4c3)c3cccc4c3sc3ccccc34)ccc2-c2cccc3c2sc2ccccc23)cc1. The third-order valence-corrected chi connectivity index (χ3v) is 12.1. The Morgan fingerprint density at radius 1 is 0.347 bits per heavy atom. The van der Waals surface area contributed by atoms with Gasteiger partial charge in [-0.15, -0.1) is 22.7 Å². The summed E-state index contributed by atoms with van der Waals surface area (Å²) in [4.78, 5) is 2.46. The predicted octanol–water partition coefficient (Wildman–Crippen LogP) is 14.4. The van der Waals surface area contributed by atoms with Crippen molar-refractivity contribution >= 4 is 90.9 Å². The van der Waals surface area contributed by atoms with Gasteiger partial charge in [0, 0.05) is 52.6 Å². The molecule has 0 fully saturated rings. The highest BCUT2D eigenvalue weighted by molar-refractivity contribution is 7.26. The van der Waals surface area contributed by atoms with Crippen LogP contribution in [0.4, 0.5) is 17.1 Å². The second-order valence-corrected chi connectivity index (χ2v) is 14.6. The minimum absolute atomic E-state index is 1.13. The molecule has 10 aromatic rings. The van der Waals surface area contributed by atoms with E-state index in [1.165, 1.54) is 79.1 Å². The molecule has 230 valence electrons. The molecule has 49 heavy (non-hydrogen) atoms. The minimum atomic E-state index is 1.13. The molecule has 3 heteroatoms. The summed E-state index contributed by atoms with van der Waals surface area (Å²) in [6.45, 7) is 0. The van der Waals surface area contributed by atoms with Gasteiger partial charge < -0.3 is 4.90 Å². The van der Waals surface area contributed by atoms with Crippen LogP contribution in [0.15, 0.2) is 176 Å². The Bertz CT molecular complexity index is 2840. The molecule has 0 atom stereocenters. The van der Waals surface area contributed by atoms with Gasteiger partial charge >= 0.3 is 0 Å². The average Bonchev–Trinajstić information content (AvgIpc) is 3.75. The van der Waals surface area contributed by atoms with Crippen molar-refractivity contribution in [3.63, 3.8) is 0 Å². The fourth-order valence-corrected chi connectivity index (χ4v) is 9.81. The minimum Gasteiger partial charge on any atom is -0.309 e. The topological polar surface area (TPSA) is 3.24 Å². The third-order valence-electron chi connectivity index (χ3n) is 9.66. The maximum atomic E-state index is 2.46. The number of hydrogen-bond acceptors (Lipinski definition) is 3. The van der Waals surface area contributed by atoms with Crippen LogP contribution < -0.4 is 4.90 Å². The Hall–Kier alpha value is -5.74. The number of nitrogens with zero attached hydrogens (tertiary/aromatic N) is 1. The van der Waals surface area contributed by atoms with Crippen molar-refractivity contribution in [2.45, 2.75) is 0 Å². The van der Waals surface area contributed by atoms with Crippen molar-refractivity contribution in [1.29, 1.82) is 0 Å². The molecular weight excluding hydrogens is 631 g/mol. The molecule has 0 aliphatic rings. The van der Waals surface area contributed by atoms with Crippen LogP contribution in [0, 0.1) is 0 Å². The fourth-order valence-electron chi connectivity index (χ4n) is 7.37. The van der Waals surface area contributed by atoms with Gasteiger partial charge in [-0.2, -0.15) is 0 Å². The summed E-state index contributed by atoms with van der Waals surface area (Å²) in [7, 11) is 0. The summed E-state index contributed by atoms with van der Waals surface area (Å²) in [5.74, 6) is 0. The highest BCUT2D eigenvalue weighted by Gasteiger charge is 2.21. The lowest BCUT2D eigenvalue weighted by molar-refractivity contribution is 1.31. The van der Waals surface area contributed by atoms with Crippen LogP contribution in [0.5, 0.6) is 0 Å². The molecule has 8 aromatic carbocycles. The Kier molecular flexibility index (Phi) is 6.61. The van der Waals surface area contributed by atoms with Gasteiger partial charge in [-0.05, 0) is 69.9 Å². The first kappa shape index (κ1) is 28.3. The quantitative estimate of drug-likeness (QED) is 0.178. The second-order valence-electron chi connectivity index (χ2n) is 12.5. The van der Waals surface area contributed by atoms with Crippen LogP contribution in [0.1, 0.15) is 0 Å². The lowest BCUT2D eigenvalue weighted by Crippen LogP contribution is -2.10. The first-order valence-corrected chi connectivity index (χ1v) is 18.2. The zero-order valence-corrected chi connectivity index (χ0v) is 28.1. The monoisotopic (exact) mass is 659 g/mol. The number of rotatable bonds is 5. The van der Waals surface area contributed by atoms with Crippen molar-refractivity contribution in [1.82, 2.24) is 0 Å². The summed E-state index contributed by atoms with van der Waals surface area (Å²) in [6.07, 6.45) is 0. The summed E-state index contributed by atoms with van der Waals surface area (Å²) in [5.41, 5.74) is 8.40. The van der Waals surface area contributed by atoms with Crippen molar-refractivity contribution in [3.8, 4) is 22.3 Å². The first-order chi connectivity index (χ1) is 24.3. The Balaban J connectivity index is 1.25. The number of thiophene rings is 2. The summed E-state index contributed by atoms with van der Waals surface area (Å²) in [5, 5.41) is 7.70.